The molecule has 0 radical (unpaired) electrons. The molecule has 0 saturated carbocycles. The minimum atomic E-state index is -0.274. The van der Waals surface area contributed by atoms with Gasteiger partial charge in [-0.05, 0) is 64.4 Å². The molecule has 2 aromatic heterocycles. The number of amides is 2. The van der Waals surface area contributed by atoms with Crippen LogP contribution in [0.4, 0.5) is 5.69 Å². The molecule has 1 saturated heterocycles. The van der Waals surface area contributed by atoms with Gasteiger partial charge >= 0.3 is 0 Å². The van der Waals surface area contributed by atoms with Crippen molar-refractivity contribution >= 4 is 17.5 Å². The molecule has 238 valence electrons. The molecule has 46 heavy (non-hydrogen) atoms. The zero-order valence-corrected chi connectivity index (χ0v) is 26.9. The number of nitrogens with zero attached hydrogens (tertiary/aromatic N) is 4. The number of rotatable bonds is 6. The topological polar surface area (TPSA) is 105 Å². The van der Waals surface area contributed by atoms with Gasteiger partial charge < -0.3 is 24.2 Å². The lowest BCUT2D eigenvalue weighted by Crippen LogP contribution is -2.40. The summed E-state index contributed by atoms with van der Waals surface area (Å²) < 4.78 is 6.88. The zero-order chi connectivity index (χ0) is 32.6. The van der Waals surface area contributed by atoms with Gasteiger partial charge in [-0.25, -0.2) is 0 Å². The van der Waals surface area contributed by atoms with Gasteiger partial charge in [0.25, 0.3) is 17.4 Å². The number of aliphatic hydroxyl groups is 1. The molecule has 9 nitrogen and oxygen atoms in total. The Morgan fingerprint density at radius 3 is 2.46 bits per heavy atom. The van der Waals surface area contributed by atoms with E-state index in [-0.39, 0.29) is 35.8 Å². The van der Waals surface area contributed by atoms with Crippen LogP contribution in [0.25, 0.3) is 11.1 Å². The summed E-state index contributed by atoms with van der Waals surface area (Å²) in [7, 11) is 1.70. The van der Waals surface area contributed by atoms with Crippen LogP contribution in [0.2, 0.25) is 0 Å². The van der Waals surface area contributed by atoms with Gasteiger partial charge in [0.1, 0.15) is 0 Å². The summed E-state index contributed by atoms with van der Waals surface area (Å²) in [5.74, 6) is -0.168. The molecular formula is C37H40N4O5. The van der Waals surface area contributed by atoms with Crippen LogP contribution in [-0.4, -0.2) is 64.2 Å². The number of hydrogen-bond acceptors (Lipinski definition) is 6. The first-order valence-corrected chi connectivity index (χ1v) is 15.7. The van der Waals surface area contributed by atoms with Crippen LogP contribution < -0.4 is 10.5 Å². The highest BCUT2D eigenvalue weighted by atomic mass is 16.5. The lowest BCUT2D eigenvalue weighted by atomic mass is 9.84. The maximum absolute atomic E-state index is 13.8. The van der Waals surface area contributed by atoms with Crippen molar-refractivity contribution in [3.05, 3.63) is 116 Å². The number of carbonyl (C=O) groups excluding carboxylic acids is 2. The number of ether oxygens (including phenoxy) is 1. The highest BCUT2D eigenvalue weighted by Gasteiger charge is 2.29. The highest BCUT2D eigenvalue weighted by molar-refractivity contribution is 6.09. The number of fused-ring (bicyclic) bond motifs is 1. The monoisotopic (exact) mass is 620 g/mol. The molecule has 2 amide bonds. The molecular weight excluding hydrogens is 580 g/mol. The summed E-state index contributed by atoms with van der Waals surface area (Å²) >= 11 is 0. The van der Waals surface area contributed by atoms with Crippen molar-refractivity contribution in [2.75, 3.05) is 37.7 Å². The summed E-state index contributed by atoms with van der Waals surface area (Å²) in [5, 5.41) is 10.6. The summed E-state index contributed by atoms with van der Waals surface area (Å²) in [6.45, 7) is 8.88. The number of benzene rings is 2. The summed E-state index contributed by atoms with van der Waals surface area (Å²) in [6.07, 6.45) is 4.31. The molecule has 0 unspecified atom stereocenters. The number of aromatic nitrogens is 2. The van der Waals surface area contributed by atoms with Crippen LogP contribution in [0.5, 0.6) is 0 Å². The molecule has 2 aliphatic heterocycles. The van der Waals surface area contributed by atoms with Gasteiger partial charge in [0.15, 0.2) is 0 Å². The first kappa shape index (κ1) is 31.4. The van der Waals surface area contributed by atoms with Gasteiger partial charge in [-0.1, -0.05) is 45.0 Å². The molecule has 9 heteroatoms. The third-order valence-electron chi connectivity index (χ3n) is 8.96. The number of hydrogen-bond donors (Lipinski definition) is 1. The fourth-order valence-corrected chi connectivity index (χ4v) is 6.30. The molecule has 0 spiro atoms. The predicted molar refractivity (Wildman–Crippen MR) is 177 cm³/mol. The summed E-state index contributed by atoms with van der Waals surface area (Å²) in [4.78, 5) is 47.8. The lowest BCUT2D eigenvalue weighted by Gasteiger charge is -2.32. The van der Waals surface area contributed by atoms with Gasteiger partial charge in [0.05, 0.1) is 31.1 Å². The quantitative estimate of drug-likeness (QED) is 0.340. The third-order valence-corrected chi connectivity index (χ3v) is 8.96. The fraction of sp³-hybridized carbons (Fsp3) is 0.351. The van der Waals surface area contributed by atoms with Crippen LogP contribution in [0, 0.1) is 0 Å². The summed E-state index contributed by atoms with van der Waals surface area (Å²) in [5.41, 5.74) is 7.25. The van der Waals surface area contributed by atoms with Crippen LogP contribution in [-0.2, 0) is 36.6 Å². The average Bonchev–Trinajstić information content (AvgIpc) is 3.06. The van der Waals surface area contributed by atoms with E-state index in [0.29, 0.717) is 72.9 Å². The van der Waals surface area contributed by atoms with Crippen LogP contribution in [0.3, 0.4) is 0 Å². The van der Waals surface area contributed by atoms with Crippen molar-refractivity contribution in [3.8, 4) is 11.1 Å². The highest BCUT2D eigenvalue weighted by Crippen LogP contribution is 2.35. The van der Waals surface area contributed by atoms with Gasteiger partial charge in [0.2, 0.25) is 0 Å². The molecule has 0 atom stereocenters. The molecule has 0 bridgehead atoms. The fourth-order valence-electron chi connectivity index (χ4n) is 6.30. The Morgan fingerprint density at radius 2 is 1.76 bits per heavy atom. The predicted octanol–water partition coefficient (Wildman–Crippen LogP) is 4.50. The van der Waals surface area contributed by atoms with Crippen molar-refractivity contribution in [1.82, 2.24) is 14.5 Å². The minimum absolute atomic E-state index is 0.0101. The molecule has 4 aromatic rings. The Balaban J connectivity index is 1.28. The first-order valence-electron chi connectivity index (χ1n) is 15.7. The Morgan fingerprint density at radius 1 is 0.978 bits per heavy atom. The van der Waals surface area contributed by atoms with Gasteiger partial charge in [-0.15, -0.1) is 0 Å². The molecule has 0 aliphatic carbocycles. The van der Waals surface area contributed by atoms with Crippen molar-refractivity contribution < 1.29 is 19.4 Å². The molecule has 6 rings (SSSR count). The first-order chi connectivity index (χ1) is 22.0. The second-order valence-corrected chi connectivity index (χ2v) is 13.1. The maximum Gasteiger partial charge on any atom is 0.258 e. The molecule has 2 aliphatic rings. The van der Waals surface area contributed by atoms with E-state index < -0.39 is 0 Å². The number of aliphatic hydroxyl groups excluding tert-OH is 1. The molecule has 2 aromatic carbocycles. The lowest BCUT2D eigenvalue weighted by molar-refractivity contribution is 0.0302. The SMILES string of the molecule is Cn1cc(-c2cccc(N3CCc4cc(C(C)(C)C)ccc4C3=O)c2CO)cc(Cc2ccc(C(=O)N3CCOCC3)cn2)c1=O. The van der Waals surface area contributed by atoms with E-state index in [4.69, 9.17) is 4.74 Å². The maximum atomic E-state index is 13.8. The number of aryl methyl sites for hydroxylation is 1. The van der Waals surface area contributed by atoms with Crippen molar-refractivity contribution in [2.24, 2.45) is 7.05 Å². The zero-order valence-electron chi connectivity index (χ0n) is 26.9. The number of morpholine rings is 1. The molecule has 1 N–H and O–H groups in total. The second kappa shape index (κ2) is 12.7. The van der Waals surface area contributed by atoms with E-state index >= 15 is 0 Å². The Bertz CT molecular complexity index is 1850. The number of anilines is 1. The Labute approximate surface area is 269 Å². The number of pyridine rings is 2. The van der Waals surface area contributed by atoms with Crippen LogP contribution in [0.15, 0.2) is 71.8 Å². The average molecular weight is 621 g/mol. The van der Waals surface area contributed by atoms with Crippen LogP contribution in [0.1, 0.15) is 69.4 Å². The van der Waals surface area contributed by atoms with E-state index in [1.54, 1.807) is 41.4 Å². The van der Waals surface area contributed by atoms with E-state index in [0.717, 1.165) is 16.7 Å². The normalized spacial score (nSPS) is 15.2. The minimum Gasteiger partial charge on any atom is -0.392 e. The van der Waals surface area contributed by atoms with Crippen molar-refractivity contribution in [3.63, 3.8) is 0 Å². The van der Waals surface area contributed by atoms with E-state index in [1.165, 1.54) is 10.1 Å². The van der Waals surface area contributed by atoms with Crippen molar-refractivity contribution in [1.29, 1.82) is 0 Å². The standard InChI is InChI=1S/C37H40N4O5/c1-37(2,3)28-9-11-31-24(19-28)12-13-41(36(31)45)33-7-5-6-30(32(33)23-42)27-18-26(34(43)39(4)22-27)20-29-10-8-25(21-38-29)35(44)40-14-16-46-17-15-40/h5-11,18-19,21-22,42H,12-17,20,23H2,1-4H3. The molecule has 1 fully saturated rings. The van der Waals surface area contributed by atoms with Gasteiger partial charge in [-0.3, -0.25) is 19.4 Å². The van der Waals surface area contributed by atoms with E-state index in [2.05, 4.69) is 31.8 Å². The van der Waals surface area contributed by atoms with Crippen LogP contribution >= 0.6 is 0 Å². The van der Waals surface area contributed by atoms with E-state index in [1.807, 2.05) is 36.4 Å². The molecule has 4 heterocycles. The second-order valence-electron chi connectivity index (χ2n) is 13.1. The third kappa shape index (κ3) is 6.12. The van der Waals surface area contributed by atoms with Gasteiger partial charge in [-0.2, -0.15) is 0 Å². The van der Waals surface area contributed by atoms with E-state index in [9.17, 15) is 19.5 Å². The smallest absolute Gasteiger partial charge is 0.258 e. The van der Waals surface area contributed by atoms with Gasteiger partial charge in [0, 0.05) is 67.9 Å². The number of carbonyl (C=O) groups is 2. The largest absolute Gasteiger partial charge is 0.392 e. The Kier molecular flexibility index (Phi) is 8.63. The summed E-state index contributed by atoms with van der Waals surface area (Å²) in [6, 6.07) is 17.1. The van der Waals surface area contributed by atoms with Crippen molar-refractivity contribution in [2.45, 2.75) is 45.6 Å². The Hall–Kier alpha value is -4.60.